The van der Waals surface area contributed by atoms with Crippen LogP contribution >= 0.6 is 11.8 Å². The normalized spacial score (nSPS) is 12.5. The van der Waals surface area contributed by atoms with Crippen molar-refractivity contribution in [2.45, 2.75) is 45.0 Å². The van der Waals surface area contributed by atoms with Crippen LogP contribution in [-0.4, -0.2) is 72.5 Å². The highest BCUT2D eigenvalue weighted by Crippen LogP contribution is 2.18. The Morgan fingerprint density at radius 3 is 2.34 bits per heavy atom. The summed E-state index contributed by atoms with van der Waals surface area (Å²) in [6, 6.07) is 0. The van der Waals surface area contributed by atoms with E-state index in [0.29, 0.717) is 19.4 Å². The Morgan fingerprint density at radius 2 is 1.76 bits per heavy atom. The lowest BCUT2D eigenvalue weighted by Gasteiger charge is -2.17. The van der Waals surface area contributed by atoms with E-state index in [9.17, 15) is 24.0 Å². The number of carbonyl (C=O) groups is 5. The van der Waals surface area contributed by atoms with Gasteiger partial charge in [-0.05, 0) is 26.7 Å². The first kappa shape index (κ1) is 26.9. The highest BCUT2D eigenvalue weighted by atomic mass is 32.2. The number of carboxylic acid groups (broad SMARTS) is 1. The zero-order valence-corrected chi connectivity index (χ0v) is 17.9. The molecule has 2 atom stereocenters. The number of nitrogens with one attached hydrogen (secondary N) is 3. The Balaban J connectivity index is 4.66. The van der Waals surface area contributed by atoms with Gasteiger partial charge in [-0.15, -0.1) is 11.8 Å². The van der Waals surface area contributed by atoms with Crippen molar-refractivity contribution < 1.29 is 33.8 Å². The topological polar surface area (TPSA) is 151 Å². The zero-order valence-electron chi connectivity index (χ0n) is 17.1. The van der Waals surface area contributed by atoms with Crippen LogP contribution in [0, 0.1) is 5.92 Å². The number of carboxylic acids is 1. The van der Waals surface area contributed by atoms with E-state index >= 15 is 0 Å². The fourth-order valence-electron chi connectivity index (χ4n) is 2.34. The second kappa shape index (κ2) is 15.7. The molecule has 0 aliphatic rings. The quantitative estimate of drug-likeness (QED) is 0.247. The van der Waals surface area contributed by atoms with Crippen LogP contribution in [0.2, 0.25) is 0 Å². The molecule has 2 unspecified atom stereocenters. The van der Waals surface area contributed by atoms with E-state index < -0.39 is 30.2 Å². The number of amides is 3. The van der Waals surface area contributed by atoms with Crippen LogP contribution in [0.25, 0.3) is 0 Å². The van der Waals surface area contributed by atoms with Crippen LogP contribution in [0.3, 0.4) is 0 Å². The first-order chi connectivity index (χ1) is 13.7. The molecule has 0 aliphatic heterocycles. The van der Waals surface area contributed by atoms with Gasteiger partial charge in [0.05, 0.1) is 12.3 Å². The maximum atomic E-state index is 12.4. The van der Waals surface area contributed by atoms with Gasteiger partial charge < -0.3 is 25.8 Å². The number of hydrogen-bond acceptors (Lipinski definition) is 7. The summed E-state index contributed by atoms with van der Waals surface area (Å²) in [6.07, 6.45) is 0.942. The average molecular weight is 434 g/mol. The molecular formula is C18H31N3O7S. The lowest BCUT2D eigenvalue weighted by molar-refractivity contribution is -0.138. The van der Waals surface area contributed by atoms with Gasteiger partial charge in [-0.2, -0.15) is 0 Å². The summed E-state index contributed by atoms with van der Waals surface area (Å²) in [5.41, 5.74) is -0.137. The molecule has 10 nitrogen and oxygen atoms in total. The highest BCUT2D eigenvalue weighted by molar-refractivity contribution is 8.00. The van der Waals surface area contributed by atoms with Crippen LogP contribution in [-0.2, 0) is 28.7 Å². The Bertz CT molecular complexity index is 572. The number of Topliss-reactive ketones (excluding diaryl/α,β-unsaturated/α-hetero) is 1. The Kier molecular flexibility index (Phi) is 14.6. The van der Waals surface area contributed by atoms with Crippen LogP contribution in [0.5, 0.6) is 0 Å². The van der Waals surface area contributed by atoms with Crippen molar-refractivity contribution in [2.75, 3.05) is 32.5 Å². The van der Waals surface area contributed by atoms with Gasteiger partial charge in [-0.25, -0.2) is 0 Å². The molecule has 4 N–H and O–H groups in total. The molecule has 0 aliphatic carbocycles. The smallest absolute Gasteiger partial charge is 0.322 e. The van der Waals surface area contributed by atoms with Crippen LogP contribution in [0.15, 0.2) is 0 Å². The van der Waals surface area contributed by atoms with Crippen LogP contribution in [0.4, 0.5) is 0 Å². The van der Waals surface area contributed by atoms with Gasteiger partial charge in [0.1, 0.15) is 17.8 Å². The minimum absolute atomic E-state index is 0.0117. The van der Waals surface area contributed by atoms with E-state index in [1.54, 1.807) is 0 Å². The SMILES string of the molecule is CCOC(C)SCC(=O)CC(CCCC(=O)NC)C(=O)NCC(=O)NCC(=O)O. The molecule has 0 spiro atoms. The molecule has 0 aromatic carbocycles. The van der Waals surface area contributed by atoms with Crippen molar-refractivity contribution in [3.63, 3.8) is 0 Å². The Hall–Kier alpha value is -2.14. The number of aliphatic carboxylic acids is 1. The van der Waals surface area contributed by atoms with Crippen molar-refractivity contribution in [2.24, 2.45) is 5.92 Å². The van der Waals surface area contributed by atoms with Crippen LogP contribution < -0.4 is 16.0 Å². The molecule has 11 heteroatoms. The molecule has 0 saturated heterocycles. The molecule has 166 valence electrons. The van der Waals surface area contributed by atoms with Crippen molar-refractivity contribution in [3.05, 3.63) is 0 Å². The highest BCUT2D eigenvalue weighted by Gasteiger charge is 2.23. The summed E-state index contributed by atoms with van der Waals surface area (Å²) in [5.74, 6) is -3.09. The van der Waals surface area contributed by atoms with E-state index in [1.807, 2.05) is 13.8 Å². The third-order valence-electron chi connectivity index (χ3n) is 3.82. The van der Waals surface area contributed by atoms with E-state index in [1.165, 1.54) is 18.8 Å². The molecule has 29 heavy (non-hydrogen) atoms. The van der Waals surface area contributed by atoms with Gasteiger partial charge in [0.2, 0.25) is 17.7 Å². The largest absolute Gasteiger partial charge is 0.480 e. The predicted molar refractivity (Wildman–Crippen MR) is 108 cm³/mol. The molecule has 3 amide bonds. The van der Waals surface area contributed by atoms with Gasteiger partial charge in [0.15, 0.2) is 0 Å². The van der Waals surface area contributed by atoms with Gasteiger partial charge in [0, 0.05) is 32.4 Å². The summed E-state index contributed by atoms with van der Waals surface area (Å²) in [6.45, 7) is 3.31. The first-order valence-electron chi connectivity index (χ1n) is 9.41. The van der Waals surface area contributed by atoms with Gasteiger partial charge in [0.25, 0.3) is 0 Å². The van der Waals surface area contributed by atoms with Crippen molar-refractivity contribution in [1.82, 2.24) is 16.0 Å². The first-order valence-corrected chi connectivity index (χ1v) is 10.5. The van der Waals surface area contributed by atoms with E-state index in [2.05, 4.69) is 16.0 Å². The molecule has 0 aromatic heterocycles. The number of carbonyl (C=O) groups excluding carboxylic acids is 4. The molecule has 0 saturated carbocycles. The van der Waals surface area contributed by atoms with Gasteiger partial charge >= 0.3 is 5.97 Å². The monoisotopic (exact) mass is 433 g/mol. The average Bonchev–Trinajstić information content (AvgIpc) is 2.68. The third-order valence-corrected chi connectivity index (χ3v) is 4.91. The molecule has 0 heterocycles. The minimum atomic E-state index is -1.19. The second-order valence-electron chi connectivity index (χ2n) is 6.23. The lowest BCUT2D eigenvalue weighted by atomic mass is 9.95. The maximum Gasteiger partial charge on any atom is 0.322 e. The molecular weight excluding hydrogens is 402 g/mol. The van der Waals surface area contributed by atoms with E-state index in [4.69, 9.17) is 9.84 Å². The Morgan fingerprint density at radius 1 is 1.07 bits per heavy atom. The minimum Gasteiger partial charge on any atom is -0.480 e. The summed E-state index contributed by atoms with van der Waals surface area (Å²) in [7, 11) is 1.52. The molecule has 0 rings (SSSR count). The number of thioether (sulfide) groups is 1. The molecule has 0 aromatic rings. The Labute approximate surface area is 174 Å². The fourth-order valence-corrected chi connectivity index (χ4v) is 3.11. The third kappa shape index (κ3) is 14.5. The molecule has 0 radical (unpaired) electrons. The van der Waals surface area contributed by atoms with E-state index in [0.717, 1.165) is 0 Å². The van der Waals surface area contributed by atoms with Crippen LogP contribution in [0.1, 0.15) is 39.5 Å². The summed E-state index contributed by atoms with van der Waals surface area (Å²) < 4.78 is 5.35. The summed E-state index contributed by atoms with van der Waals surface area (Å²) >= 11 is 1.34. The fraction of sp³-hybridized carbons (Fsp3) is 0.722. The maximum absolute atomic E-state index is 12.4. The number of hydrogen-bond donors (Lipinski definition) is 4. The van der Waals surface area contributed by atoms with Crippen molar-refractivity contribution in [1.29, 1.82) is 0 Å². The predicted octanol–water partition coefficient (Wildman–Crippen LogP) is -0.0892. The zero-order chi connectivity index (χ0) is 22.2. The number of ketones is 1. The van der Waals surface area contributed by atoms with Crippen molar-refractivity contribution in [3.8, 4) is 0 Å². The number of rotatable bonds is 16. The second-order valence-corrected chi connectivity index (χ2v) is 7.51. The standard InChI is InChI=1S/C18H31N3O7S/c1-4-28-12(2)29-11-14(22)8-13(6-5-7-15(23)19-3)18(27)21-9-16(24)20-10-17(25)26/h12-13H,4-11H2,1-3H3,(H,19,23)(H,20,24)(H,21,27)(H,25,26). The molecule has 0 fully saturated rings. The van der Waals surface area contributed by atoms with E-state index in [-0.39, 0.29) is 42.3 Å². The lowest BCUT2D eigenvalue weighted by Crippen LogP contribution is -2.41. The molecule has 0 bridgehead atoms. The van der Waals surface area contributed by atoms with Gasteiger partial charge in [-0.1, -0.05) is 0 Å². The summed E-state index contributed by atoms with van der Waals surface area (Å²) in [5, 5.41) is 15.6. The number of ether oxygens (including phenoxy) is 1. The summed E-state index contributed by atoms with van der Waals surface area (Å²) in [4.78, 5) is 58.0. The van der Waals surface area contributed by atoms with Crippen molar-refractivity contribution >= 4 is 41.2 Å². The van der Waals surface area contributed by atoms with Gasteiger partial charge in [-0.3, -0.25) is 24.0 Å².